The largest absolute Gasteiger partial charge is 0.457 e. The van der Waals surface area contributed by atoms with Crippen molar-refractivity contribution in [2.24, 2.45) is 0 Å². The van der Waals surface area contributed by atoms with Crippen LogP contribution in [0, 0.1) is 5.82 Å². The molecule has 0 saturated heterocycles. The van der Waals surface area contributed by atoms with Gasteiger partial charge in [-0.3, -0.25) is 10.0 Å². The number of nitrogens with zero attached hydrogens (tertiary/aromatic N) is 2. The molecule has 0 aromatic heterocycles. The van der Waals surface area contributed by atoms with Crippen molar-refractivity contribution in [1.82, 2.24) is 14.7 Å². The summed E-state index contributed by atoms with van der Waals surface area (Å²) >= 11 is 1.42. The van der Waals surface area contributed by atoms with Crippen molar-refractivity contribution in [3.63, 3.8) is 0 Å². The molecule has 8 heteroatoms. The Labute approximate surface area is 156 Å². The molecule has 0 aliphatic heterocycles. The monoisotopic (exact) mass is 379 g/mol. The number of hydrogen-bond acceptors (Lipinski definition) is 6. The minimum atomic E-state index is -0.465. The molecule has 0 heterocycles. The first-order valence-corrected chi connectivity index (χ1v) is 8.77. The van der Waals surface area contributed by atoms with Crippen LogP contribution in [-0.2, 0) is 4.79 Å². The van der Waals surface area contributed by atoms with Crippen molar-refractivity contribution in [2.75, 3.05) is 33.7 Å². The summed E-state index contributed by atoms with van der Waals surface area (Å²) in [5.74, 6) is 0.411. The van der Waals surface area contributed by atoms with E-state index in [2.05, 4.69) is 0 Å². The minimum absolute atomic E-state index is 0.0723. The molecule has 0 radical (unpaired) electrons. The van der Waals surface area contributed by atoms with E-state index >= 15 is 0 Å². The van der Waals surface area contributed by atoms with Crippen LogP contribution < -0.4 is 10.2 Å². The van der Waals surface area contributed by atoms with E-state index in [0.29, 0.717) is 18.0 Å². The summed E-state index contributed by atoms with van der Waals surface area (Å²) in [5.41, 5.74) is 1.65. The topological polar surface area (TPSA) is 65.0 Å². The van der Waals surface area contributed by atoms with Crippen molar-refractivity contribution in [1.29, 1.82) is 0 Å². The summed E-state index contributed by atoms with van der Waals surface area (Å²) in [6.45, 7) is 1.50. The quantitative estimate of drug-likeness (QED) is 0.397. The Kier molecular flexibility index (Phi) is 7.86. The molecular formula is C18H22FN3O3S. The van der Waals surface area contributed by atoms with Crippen LogP contribution in [-0.4, -0.2) is 54.0 Å². The molecule has 0 aliphatic rings. The lowest BCUT2D eigenvalue weighted by Gasteiger charge is -2.22. The van der Waals surface area contributed by atoms with Gasteiger partial charge in [-0.15, -0.1) is 0 Å². The van der Waals surface area contributed by atoms with E-state index in [9.17, 15) is 9.18 Å². The van der Waals surface area contributed by atoms with Gasteiger partial charge in [-0.05, 0) is 74.6 Å². The van der Waals surface area contributed by atoms with E-state index in [-0.39, 0.29) is 12.4 Å². The fourth-order valence-electron chi connectivity index (χ4n) is 2.02. The van der Waals surface area contributed by atoms with Crippen molar-refractivity contribution in [3.8, 4) is 11.5 Å². The van der Waals surface area contributed by atoms with Gasteiger partial charge in [-0.25, -0.2) is 14.2 Å². The highest BCUT2D eigenvalue weighted by atomic mass is 32.2. The van der Waals surface area contributed by atoms with Gasteiger partial charge in [-0.2, -0.15) is 0 Å². The predicted molar refractivity (Wildman–Crippen MR) is 98.8 cm³/mol. The van der Waals surface area contributed by atoms with Crippen LogP contribution in [0.5, 0.6) is 11.5 Å². The van der Waals surface area contributed by atoms with Crippen LogP contribution >= 0.6 is 11.9 Å². The van der Waals surface area contributed by atoms with Gasteiger partial charge in [0.25, 0.3) is 5.91 Å². The molecule has 2 rings (SSSR count). The van der Waals surface area contributed by atoms with E-state index in [1.54, 1.807) is 17.6 Å². The molecule has 2 N–H and O–H groups in total. The smallest absolute Gasteiger partial charge is 0.258 e. The molecule has 0 saturated carbocycles. The predicted octanol–water partition coefficient (Wildman–Crippen LogP) is 2.99. The van der Waals surface area contributed by atoms with Crippen LogP contribution in [0.2, 0.25) is 0 Å². The molecule has 2 aromatic carbocycles. The second-order valence-electron chi connectivity index (χ2n) is 5.82. The van der Waals surface area contributed by atoms with Crippen molar-refractivity contribution in [2.45, 2.75) is 4.90 Å². The van der Waals surface area contributed by atoms with Crippen molar-refractivity contribution < 1.29 is 19.1 Å². The maximum Gasteiger partial charge on any atom is 0.258 e. The highest BCUT2D eigenvalue weighted by Crippen LogP contribution is 2.27. The number of rotatable bonds is 9. The summed E-state index contributed by atoms with van der Waals surface area (Å²) in [7, 11) is 3.91. The molecule has 140 valence electrons. The minimum Gasteiger partial charge on any atom is -0.457 e. The number of likely N-dealkylation sites (N-methyl/N-ethyl adjacent to an activating group) is 1. The lowest BCUT2D eigenvalue weighted by molar-refractivity contribution is -0.129. The molecule has 6 nitrogen and oxygen atoms in total. The Morgan fingerprint density at radius 3 is 2.19 bits per heavy atom. The molecule has 0 bridgehead atoms. The second kappa shape index (κ2) is 10.1. The van der Waals surface area contributed by atoms with E-state index < -0.39 is 5.91 Å². The molecule has 0 atom stereocenters. The molecule has 0 aliphatic carbocycles. The fourth-order valence-corrected chi connectivity index (χ4v) is 2.93. The van der Waals surface area contributed by atoms with Crippen LogP contribution in [0.1, 0.15) is 0 Å². The van der Waals surface area contributed by atoms with Gasteiger partial charge in [0, 0.05) is 18.0 Å². The van der Waals surface area contributed by atoms with Gasteiger partial charge in [0.1, 0.15) is 17.3 Å². The van der Waals surface area contributed by atoms with Gasteiger partial charge >= 0.3 is 0 Å². The molecule has 0 fully saturated rings. The summed E-state index contributed by atoms with van der Waals surface area (Å²) in [5, 5.41) is 8.73. The standard InChI is InChI=1S/C18H22FN3O3S/c1-21(2)11-12-22(13-18(23)20-24)26-17-9-7-16(8-10-17)25-15-5-3-14(19)4-6-15/h3-10,24H,11-13H2,1-2H3,(H,20,23). The Morgan fingerprint density at radius 2 is 1.65 bits per heavy atom. The number of halogens is 1. The average Bonchev–Trinajstić information content (AvgIpc) is 2.63. The summed E-state index contributed by atoms with van der Waals surface area (Å²) in [4.78, 5) is 14.4. The van der Waals surface area contributed by atoms with Gasteiger partial charge in [0.15, 0.2) is 0 Å². The summed E-state index contributed by atoms with van der Waals surface area (Å²) in [6, 6.07) is 13.2. The maximum atomic E-state index is 12.9. The molecule has 1 amide bonds. The number of ether oxygens (including phenoxy) is 1. The average molecular weight is 379 g/mol. The van der Waals surface area contributed by atoms with E-state index in [0.717, 1.165) is 11.4 Å². The van der Waals surface area contributed by atoms with Gasteiger partial charge in [-0.1, -0.05) is 0 Å². The Balaban J connectivity index is 1.97. The third-order valence-electron chi connectivity index (χ3n) is 3.35. The lowest BCUT2D eigenvalue weighted by Crippen LogP contribution is -2.35. The SMILES string of the molecule is CN(C)CCN(CC(=O)NO)Sc1ccc(Oc2ccc(F)cc2)cc1. The molecular weight excluding hydrogens is 357 g/mol. The van der Waals surface area contributed by atoms with Crippen LogP contribution in [0.25, 0.3) is 0 Å². The highest BCUT2D eigenvalue weighted by Gasteiger charge is 2.12. The number of carbonyl (C=O) groups excluding carboxylic acids is 1. The number of amides is 1. The Bertz CT molecular complexity index is 696. The summed E-state index contributed by atoms with van der Waals surface area (Å²) < 4.78 is 20.4. The first-order valence-electron chi connectivity index (χ1n) is 8.00. The van der Waals surface area contributed by atoms with Gasteiger partial charge in [0.05, 0.1) is 6.54 Å². The fraction of sp³-hybridized carbons (Fsp3) is 0.278. The Hall–Kier alpha value is -2.13. The van der Waals surface area contributed by atoms with Crippen LogP contribution in [0.4, 0.5) is 4.39 Å². The zero-order valence-corrected chi connectivity index (χ0v) is 15.5. The normalized spacial score (nSPS) is 11.0. The van der Waals surface area contributed by atoms with Crippen molar-refractivity contribution >= 4 is 17.9 Å². The maximum absolute atomic E-state index is 12.9. The number of benzene rings is 2. The molecule has 0 spiro atoms. The van der Waals surface area contributed by atoms with Gasteiger partial charge in [0.2, 0.25) is 0 Å². The van der Waals surface area contributed by atoms with Crippen molar-refractivity contribution in [3.05, 3.63) is 54.3 Å². The molecule has 26 heavy (non-hydrogen) atoms. The third kappa shape index (κ3) is 7.01. The molecule has 2 aromatic rings. The lowest BCUT2D eigenvalue weighted by atomic mass is 10.3. The van der Waals surface area contributed by atoms with Crippen LogP contribution in [0.3, 0.4) is 0 Å². The van der Waals surface area contributed by atoms with E-state index in [1.165, 1.54) is 24.1 Å². The first kappa shape index (κ1) is 20.2. The summed E-state index contributed by atoms with van der Waals surface area (Å²) in [6.07, 6.45) is 0. The van der Waals surface area contributed by atoms with E-state index in [1.807, 2.05) is 47.6 Å². The second-order valence-corrected chi connectivity index (χ2v) is 6.99. The first-order chi connectivity index (χ1) is 12.5. The third-order valence-corrected chi connectivity index (χ3v) is 4.40. The zero-order valence-electron chi connectivity index (χ0n) is 14.7. The highest BCUT2D eigenvalue weighted by molar-refractivity contribution is 7.97. The number of hydroxylamine groups is 1. The number of hydrogen-bond donors (Lipinski definition) is 2. The number of carbonyl (C=O) groups is 1. The van der Waals surface area contributed by atoms with Crippen LogP contribution in [0.15, 0.2) is 53.4 Å². The number of nitrogens with one attached hydrogen (secondary N) is 1. The van der Waals surface area contributed by atoms with E-state index in [4.69, 9.17) is 9.94 Å². The molecule has 0 unspecified atom stereocenters. The zero-order chi connectivity index (χ0) is 18.9. The Morgan fingerprint density at radius 1 is 1.08 bits per heavy atom. The van der Waals surface area contributed by atoms with Gasteiger partial charge < -0.3 is 9.64 Å².